The lowest BCUT2D eigenvalue weighted by Crippen LogP contribution is -2.11. The fraction of sp³-hybridized carbons (Fsp3) is 0.167. The molecule has 0 aliphatic rings. The van der Waals surface area contributed by atoms with Gasteiger partial charge in [0.05, 0.1) is 15.7 Å². The van der Waals surface area contributed by atoms with Gasteiger partial charge in [0.15, 0.2) is 0 Å². The van der Waals surface area contributed by atoms with E-state index >= 15 is 0 Å². The average Bonchev–Trinajstić information content (AvgIpc) is 2.59. The Labute approximate surface area is 123 Å². The summed E-state index contributed by atoms with van der Waals surface area (Å²) in [5, 5.41) is 4.20. The minimum atomic E-state index is -0.394. The van der Waals surface area contributed by atoms with E-state index in [1.807, 2.05) is 0 Å². The van der Waals surface area contributed by atoms with Crippen LogP contribution in [0, 0.1) is 12.7 Å². The number of nitrogens with two attached hydrogens (primary N) is 1. The normalized spacial score (nSPS) is 10.5. The molecule has 0 saturated carbocycles. The second-order valence-corrected chi connectivity index (χ2v) is 5.22. The number of aromatic nitrogens is 2. The lowest BCUT2D eigenvalue weighted by molar-refractivity contribution is 0.424. The monoisotopic (exact) mass is 343 g/mol. The third kappa shape index (κ3) is 2.76. The number of aryl methyl sites for hydroxylation is 2. The van der Waals surface area contributed by atoms with E-state index in [0.717, 1.165) is 0 Å². The molecule has 0 unspecified atom stereocenters. The van der Waals surface area contributed by atoms with Crippen LogP contribution in [0.25, 0.3) is 0 Å². The summed E-state index contributed by atoms with van der Waals surface area (Å²) in [5.74, 6) is 0.325. The molecule has 0 aliphatic heterocycles. The standard InChI is InChI=1S/C12H11BrFN3OS/c1-6-10(11(15)19)12(17(2)16-6)18-9-5-7(14)3-4-8(9)13/h3-5H,1-2H3,(H2,15,19). The molecule has 2 aromatic rings. The van der Waals surface area contributed by atoms with Crippen LogP contribution < -0.4 is 10.5 Å². The molecular formula is C12H11BrFN3OS. The number of benzene rings is 1. The molecule has 0 radical (unpaired) electrons. The minimum absolute atomic E-state index is 0.188. The van der Waals surface area contributed by atoms with Gasteiger partial charge in [-0.1, -0.05) is 12.2 Å². The van der Waals surface area contributed by atoms with Gasteiger partial charge in [0.1, 0.15) is 16.6 Å². The van der Waals surface area contributed by atoms with Crippen molar-refractivity contribution in [2.24, 2.45) is 12.8 Å². The van der Waals surface area contributed by atoms with E-state index in [2.05, 4.69) is 21.0 Å². The molecule has 2 N–H and O–H groups in total. The Bertz CT molecular complexity index is 657. The number of thiocarbonyl (C=S) groups is 1. The van der Waals surface area contributed by atoms with Crippen molar-refractivity contribution < 1.29 is 9.13 Å². The van der Waals surface area contributed by atoms with Crippen molar-refractivity contribution in [2.75, 3.05) is 0 Å². The molecule has 0 bridgehead atoms. The zero-order valence-corrected chi connectivity index (χ0v) is 12.7. The Balaban J connectivity index is 2.49. The third-order valence-electron chi connectivity index (χ3n) is 2.52. The Morgan fingerprint density at radius 1 is 1.53 bits per heavy atom. The van der Waals surface area contributed by atoms with Crippen LogP contribution in [0.4, 0.5) is 4.39 Å². The van der Waals surface area contributed by atoms with Gasteiger partial charge in [0.25, 0.3) is 0 Å². The fourth-order valence-corrected chi connectivity index (χ4v) is 2.26. The van der Waals surface area contributed by atoms with E-state index in [1.165, 1.54) is 16.8 Å². The molecule has 0 fully saturated rings. The maximum atomic E-state index is 13.2. The van der Waals surface area contributed by atoms with Crippen molar-refractivity contribution in [2.45, 2.75) is 6.92 Å². The molecule has 1 aromatic carbocycles. The number of halogens is 2. The number of hydrogen-bond acceptors (Lipinski definition) is 3. The zero-order chi connectivity index (χ0) is 14.2. The van der Waals surface area contributed by atoms with E-state index in [1.54, 1.807) is 20.0 Å². The summed E-state index contributed by atoms with van der Waals surface area (Å²) in [6, 6.07) is 4.17. The van der Waals surface area contributed by atoms with Crippen LogP contribution in [0.5, 0.6) is 11.6 Å². The number of nitrogens with zero attached hydrogens (tertiary/aromatic N) is 2. The first-order valence-electron chi connectivity index (χ1n) is 5.36. The van der Waals surface area contributed by atoms with E-state index < -0.39 is 5.82 Å². The van der Waals surface area contributed by atoms with Crippen LogP contribution in [0.15, 0.2) is 22.7 Å². The van der Waals surface area contributed by atoms with Gasteiger partial charge in [0, 0.05) is 13.1 Å². The van der Waals surface area contributed by atoms with E-state index in [4.69, 9.17) is 22.7 Å². The molecule has 7 heteroatoms. The largest absolute Gasteiger partial charge is 0.437 e. The van der Waals surface area contributed by atoms with Crippen molar-refractivity contribution in [3.05, 3.63) is 39.7 Å². The summed E-state index contributed by atoms with van der Waals surface area (Å²) in [5.41, 5.74) is 6.88. The number of rotatable bonds is 3. The highest BCUT2D eigenvalue weighted by molar-refractivity contribution is 9.10. The van der Waals surface area contributed by atoms with Crippen molar-refractivity contribution in [1.82, 2.24) is 9.78 Å². The van der Waals surface area contributed by atoms with E-state index in [9.17, 15) is 4.39 Å². The molecule has 100 valence electrons. The number of ether oxygens (including phenoxy) is 1. The highest BCUT2D eigenvalue weighted by atomic mass is 79.9. The first-order chi connectivity index (χ1) is 8.90. The molecule has 4 nitrogen and oxygen atoms in total. The highest BCUT2D eigenvalue weighted by Crippen LogP contribution is 2.32. The summed E-state index contributed by atoms with van der Waals surface area (Å²) >= 11 is 8.28. The van der Waals surface area contributed by atoms with Gasteiger partial charge in [-0.05, 0) is 35.0 Å². The summed E-state index contributed by atoms with van der Waals surface area (Å²) in [6.07, 6.45) is 0. The topological polar surface area (TPSA) is 53.1 Å². The van der Waals surface area contributed by atoms with Crippen molar-refractivity contribution in [1.29, 1.82) is 0 Å². The molecule has 1 heterocycles. The Morgan fingerprint density at radius 3 is 2.84 bits per heavy atom. The lowest BCUT2D eigenvalue weighted by Gasteiger charge is -2.09. The van der Waals surface area contributed by atoms with Gasteiger partial charge in [-0.2, -0.15) is 5.10 Å². The first-order valence-corrected chi connectivity index (χ1v) is 6.56. The van der Waals surface area contributed by atoms with Gasteiger partial charge in [-0.3, -0.25) is 0 Å². The Morgan fingerprint density at radius 2 is 2.21 bits per heavy atom. The quantitative estimate of drug-likeness (QED) is 0.870. The van der Waals surface area contributed by atoms with Crippen LogP contribution in [0.3, 0.4) is 0 Å². The Kier molecular flexibility index (Phi) is 3.86. The molecule has 0 aliphatic carbocycles. The van der Waals surface area contributed by atoms with Crippen LogP contribution >= 0.6 is 28.1 Å². The maximum Gasteiger partial charge on any atom is 0.228 e. The molecular weight excluding hydrogens is 333 g/mol. The molecule has 0 amide bonds. The van der Waals surface area contributed by atoms with Crippen LogP contribution in [-0.2, 0) is 7.05 Å². The lowest BCUT2D eigenvalue weighted by atomic mass is 10.2. The van der Waals surface area contributed by atoms with Crippen LogP contribution in [-0.4, -0.2) is 14.8 Å². The number of hydrogen-bond donors (Lipinski definition) is 1. The highest BCUT2D eigenvalue weighted by Gasteiger charge is 2.18. The van der Waals surface area contributed by atoms with E-state index in [-0.39, 0.29) is 4.99 Å². The van der Waals surface area contributed by atoms with Gasteiger partial charge in [-0.15, -0.1) is 0 Å². The van der Waals surface area contributed by atoms with E-state index in [0.29, 0.717) is 27.4 Å². The van der Waals surface area contributed by atoms with Crippen LogP contribution in [0.1, 0.15) is 11.3 Å². The molecule has 19 heavy (non-hydrogen) atoms. The maximum absolute atomic E-state index is 13.2. The van der Waals surface area contributed by atoms with Crippen molar-refractivity contribution in [3.8, 4) is 11.6 Å². The van der Waals surface area contributed by atoms with Crippen molar-refractivity contribution in [3.63, 3.8) is 0 Å². The molecule has 2 rings (SSSR count). The van der Waals surface area contributed by atoms with Gasteiger partial charge < -0.3 is 10.5 Å². The molecule has 0 saturated heterocycles. The predicted molar refractivity (Wildman–Crippen MR) is 78.0 cm³/mol. The summed E-state index contributed by atoms with van der Waals surface area (Å²) in [7, 11) is 1.71. The third-order valence-corrected chi connectivity index (χ3v) is 3.38. The zero-order valence-electron chi connectivity index (χ0n) is 10.3. The second-order valence-electron chi connectivity index (χ2n) is 3.93. The van der Waals surface area contributed by atoms with Gasteiger partial charge >= 0.3 is 0 Å². The van der Waals surface area contributed by atoms with Crippen molar-refractivity contribution >= 4 is 33.1 Å². The minimum Gasteiger partial charge on any atom is -0.437 e. The summed E-state index contributed by atoms with van der Waals surface area (Å²) in [6.45, 7) is 1.78. The summed E-state index contributed by atoms with van der Waals surface area (Å²) in [4.78, 5) is 0.188. The first kappa shape index (κ1) is 14.0. The molecule has 1 aromatic heterocycles. The SMILES string of the molecule is Cc1nn(C)c(Oc2cc(F)ccc2Br)c1C(N)=S. The fourth-order valence-electron chi connectivity index (χ4n) is 1.70. The Hall–Kier alpha value is -1.47. The van der Waals surface area contributed by atoms with Crippen LogP contribution in [0.2, 0.25) is 0 Å². The average molecular weight is 344 g/mol. The van der Waals surface area contributed by atoms with Gasteiger partial charge in [0.2, 0.25) is 5.88 Å². The molecule has 0 atom stereocenters. The second kappa shape index (κ2) is 5.26. The summed E-state index contributed by atoms with van der Waals surface area (Å²) < 4.78 is 21.1. The smallest absolute Gasteiger partial charge is 0.228 e. The van der Waals surface area contributed by atoms with Gasteiger partial charge in [-0.25, -0.2) is 9.07 Å². The predicted octanol–water partition coefficient (Wildman–Crippen LogP) is 3.06. The molecule has 0 spiro atoms.